The summed E-state index contributed by atoms with van der Waals surface area (Å²) in [5.74, 6) is 1.00. The first-order valence-electron chi connectivity index (χ1n) is 8.03. The second kappa shape index (κ2) is 8.41. The average molecular weight is 319 g/mol. The van der Waals surface area contributed by atoms with E-state index in [2.05, 4.69) is 15.2 Å². The normalized spacial score (nSPS) is 16.3. The number of aromatic hydroxyl groups is 1. The molecule has 0 unspecified atom stereocenters. The van der Waals surface area contributed by atoms with Crippen LogP contribution < -0.4 is 5.32 Å². The smallest absolute Gasteiger partial charge is 0.308 e. The fourth-order valence-corrected chi connectivity index (χ4v) is 2.69. The molecule has 0 bridgehead atoms. The van der Waals surface area contributed by atoms with Crippen molar-refractivity contribution in [2.24, 2.45) is 10.9 Å². The number of benzene rings is 1. The predicted molar refractivity (Wildman–Crippen MR) is 89.2 cm³/mol. The summed E-state index contributed by atoms with van der Waals surface area (Å²) in [6.07, 6.45) is 1.58. The Kier molecular flexibility index (Phi) is 6.26. The number of aliphatic imine (C=N–C) groups is 1. The second-order valence-corrected chi connectivity index (χ2v) is 5.62. The van der Waals surface area contributed by atoms with Gasteiger partial charge in [0.15, 0.2) is 5.96 Å². The van der Waals surface area contributed by atoms with E-state index in [0.29, 0.717) is 6.54 Å². The van der Waals surface area contributed by atoms with E-state index in [4.69, 9.17) is 4.74 Å². The molecular weight excluding hydrogens is 294 g/mol. The fourth-order valence-electron chi connectivity index (χ4n) is 2.69. The average Bonchev–Trinajstić information content (AvgIpc) is 2.59. The minimum Gasteiger partial charge on any atom is -0.508 e. The number of hydrogen-bond acceptors (Lipinski definition) is 4. The first-order valence-corrected chi connectivity index (χ1v) is 8.03. The molecule has 0 aliphatic carbocycles. The zero-order chi connectivity index (χ0) is 16.7. The fraction of sp³-hybridized carbons (Fsp3) is 0.529. The highest BCUT2D eigenvalue weighted by Crippen LogP contribution is 2.18. The number of carbonyl (C=O) groups excluding carboxylic acids is 1. The minimum atomic E-state index is -0.115. The first-order chi connectivity index (χ1) is 11.1. The Labute approximate surface area is 137 Å². The summed E-state index contributed by atoms with van der Waals surface area (Å²) in [6.45, 7) is 4.98. The molecule has 6 nitrogen and oxygen atoms in total. The van der Waals surface area contributed by atoms with E-state index < -0.39 is 0 Å². The molecule has 1 heterocycles. The molecule has 0 spiro atoms. The van der Waals surface area contributed by atoms with Gasteiger partial charge in [-0.25, -0.2) is 4.99 Å². The van der Waals surface area contributed by atoms with Gasteiger partial charge in [-0.2, -0.15) is 0 Å². The van der Waals surface area contributed by atoms with Crippen LogP contribution in [-0.4, -0.2) is 48.7 Å². The number of nitrogens with zero attached hydrogens (tertiary/aromatic N) is 2. The van der Waals surface area contributed by atoms with E-state index in [1.54, 1.807) is 12.1 Å². The number of rotatable bonds is 4. The zero-order valence-corrected chi connectivity index (χ0v) is 13.8. The van der Waals surface area contributed by atoms with Crippen LogP contribution in [0.15, 0.2) is 29.3 Å². The number of methoxy groups -OCH3 is 1. The number of esters is 1. The van der Waals surface area contributed by atoms with Crippen molar-refractivity contribution in [3.63, 3.8) is 0 Å². The van der Waals surface area contributed by atoms with E-state index in [1.807, 2.05) is 19.1 Å². The molecule has 0 radical (unpaired) electrons. The van der Waals surface area contributed by atoms with E-state index in [1.165, 1.54) is 7.11 Å². The van der Waals surface area contributed by atoms with Crippen molar-refractivity contribution in [3.05, 3.63) is 29.8 Å². The maximum absolute atomic E-state index is 11.6. The van der Waals surface area contributed by atoms with Crippen LogP contribution in [-0.2, 0) is 16.1 Å². The molecule has 0 aromatic heterocycles. The Morgan fingerprint density at radius 2 is 2.00 bits per heavy atom. The number of piperidine rings is 1. The lowest BCUT2D eigenvalue weighted by Gasteiger charge is -2.33. The molecule has 1 aliphatic rings. The lowest BCUT2D eigenvalue weighted by molar-refractivity contribution is -0.146. The zero-order valence-electron chi connectivity index (χ0n) is 13.8. The standard InChI is InChI=1S/C17H25N3O3/c1-3-18-17(19-12-13-4-6-15(21)7-5-13)20-10-8-14(9-11-20)16(22)23-2/h4-7,14,21H,3,8-12H2,1-2H3,(H,18,19). The van der Waals surface area contributed by atoms with Crippen molar-refractivity contribution < 1.29 is 14.6 Å². The highest BCUT2D eigenvalue weighted by atomic mass is 16.5. The Bertz CT molecular complexity index is 535. The molecular formula is C17H25N3O3. The first kappa shape index (κ1) is 17.1. The summed E-state index contributed by atoms with van der Waals surface area (Å²) in [6, 6.07) is 7.07. The third kappa shape index (κ3) is 4.87. The molecule has 2 rings (SSSR count). The van der Waals surface area contributed by atoms with Crippen molar-refractivity contribution >= 4 is 11.9 Å². The van der Waals surface area contributed by atoms with E-state index in [9.17, 15) is 9.90 Å². The Balaban J connectivity index is 1.97. The van der Waals surface area contributed by atoms with Gasteiger partial charge in [0.25, 0.3) is 0 Å². The van der Waals surface area contributed by atoms with Gasteiger partial charge in [-0.05, 0) is 37.5 Å². The predicted octanol–water partition coefficient (Wildman–Crippen LogP) is 1.74. The minimum absolute atomic E-state index is 0.00350. The topological polar surface area (TPSA) is 74.2 Å². The molecule has 1 saturated heterocycles. The van der Waals surface area contributed by atoms with E-state index in [-0.39, 0.29) is 17.6 Å². The van der Waals surface area contributed by atoms with Crippen molar-refractivity contribution in [2.75, 3.05) is 26.7 Å². The summed E-state index contributed by atoms with van der Waals surface area (Å²) in [5.41, 5.74) is 1.04. The summed E-state index contributed by atoms with van der Waals surface area (Å²) in [7, 11) is 1.44. The molecule has 1 aromatic carbocycles. The number of likely N-dealkylation sites (tertiary alicyclic amines) is 1. The number of phenols is 1. The second-order valence-electron chi connectivity index (χ2n) is 5.62. The van der Waals surface area contributed by atoms with Gasteiger partial charge in [0.1, 0.15) is 5.75 Å². The van der Waals surface area contributed by atoms with Gasteiger partial charge in [-0.15, -0.1) is 0 Å². The van der Waals surface area contributed by atoms with Crippen LogP contribution in [0.3, 0.4) is 0 Å². The van der Waals surface area contributed by atoms with Crippen molar-refractivity contribution in [1.82, 2.24) is 10.2 Å². The molecule has 0 atom stereocenters. The summed E-state index contributed by atoms with van der Waals surface area (Å²) >= 11 is 0. The molecule has 0 saturated carbocycles. The lowest BCUT2D eigenvalue weighted by Crippen LogP contribution is -2.46. The van der Waals surface area contributed by atoms with Crippen LogP contribution in [0.4, 0.5) is 0 Å². The lowest BCUT2D eigenvalue weighted by atomic mass is 9.97. The van der Waals surface area contributed by atoms with Crippen molar-refractivity contribution in [3.8, 4) is 5.75 Å². The van der Waals surface area contributed by atoms with Crippen LogP contribution in [0.5, 0.6) is 5.75 Å². The monoisotopic (exact) mass is 319 g/mol. The molecule has 126 valence electrons. The molecule has 2 N–H and O–H groups in total. The van der Waals surface area contributed by atoms with E-state index >= 15 is 0 Å². The largest absolute Gasteiger partial charge is 0.508 e. The molecule has 1 fully saturated rings. The van der Waals surface area contributed by atoms with Crippen LogP contribution in [0.1, 0.15) is 25.3 Å². The number of hydrogen-bond donors (Lipinski definition) is 2. The van der Waals surface area contributed by atoms with Gasteiger partial charge >= 0.3 is 5.97 Å². The van der Waals surface area contributed by atoms with Crippen molar-refractivity contribution in [2.45, 2.75) is 26.3 Å². The van der Waals surface area contributed by atoms with Crippen molar-refractivity contribution in [1.29, 1.82) is 0 Å². The van der Waals surface area contributed by atoms with Crippen LogP contribution in [0.2, 0.25) is 0 Å². The van der Waals surface area contributed by atoms with Gasteiger partial charge in [0.2, 0.25) is 0 Å². The molecule has 0 amide bonds. The van der Waals surface area contributed by atoms with Crippen LogP contribution >= 0.6 is 0 Å². The van der Waals surface area contributed by atoms with E-state index in [0.717, 1.165) is 44.0 Å². The number of guanidine groups is 1. The number of ether oxygens (including phenoxy) is 1. The molecule has 1 aromatic rings. The SMILES string of the molecule is CCNC(=NCc1ccc(O)cc1)N1CCC(C(=O)OC)CC1. The third-order valence-corrected chi connectivity index (χ3v) is 4.01. The van der Waals surface area contributed by atoms with Gasteiger partial charge in [0, 0.05) is 19.6 Å². The van der Waals surface area contributed by atoms with Gasteiger partial charge < -0.3 is 20.1 Å². The molecule has 6 heteroatoms. The Morgan fingerprint density at radius 3 is 2.57 bits per heavy atom. The maximum Gasteiger partial charge on any atom is 0.308 e. The quantitative estimate of drug-likeness (QED) is 0.502. The molecule has 23 heavy (non-hydrogen) atoms. The van der Waals surface area contributed by atoms with Crippen LogP contribution in [0.25, 0.3) is 0 Å². The maximum atomic E-state index is 11.6. The van der Waals surface area contributed by atoms with Gasteiger partial charge in [-0.3, -0.25) is 4.79 Å². The van der Waals surface area contributed by atoms with Crippen LogP contribution in [0, 0.1) is 5.92 Å². The van der Waals surface area contributed by atoms with Gasteiger partial charge in [-0.1, -0.05) is 12.1 Å². The number of nitrogens with one attached hydrogen (secondary N) is 1. The molecule has 1 aliphatic heterocycles. The summed E-state index contributed by atoms with van der Waals surface area (Å²) < 4.78 is 4.82. The third-order valence-electron chi connectivity index (χ3n) is 4.01. The Hall–Kier alpha value is -2.24. The summed E-state index contributed by atoms with van der Waals surface area (Å²) in [5, 5.41) is 12.6. The Morgan fingerprint density at radius 1 is 1.35 bits per heavy atom. The number of phenolic OH excluding ortho intramolecular Hbond substituents is 1. The highest BCUT2D eigenvalue weighted by Gasteiger charge is 2.26. The highest BCUT2D eigenvalue weighted by molar-refractivity contribution is 5.80. The number of carbonyl (C=O) groups is 1. The van der Waals surface area contributed by atoms with Gasteiger partial charge in [0.05, 0.1) is 19.6 Å². The summed E-state index contributed by atoms with van der Waals surface area (Å²) in [4.78, 5) is 18.4.